The fourth-order valence-corrected chi connectivity index (χ4v) is 0.295. The molecule has 0 amide bonds. The van der Waals surface area contributed by atoms with E-state index in [1.54, 1.807) is 13.3 Å². The van der Waals surface area contributed by atoms with Gasteiger partial charge in [-0.1, -0.05) is 6.92 Å². The molecule has 42 valence electrons. The Balaban J connectivity index is 4.00. The highest BCUT2D eigenvalue weighted by atomic mass is 14.6. The zero-order chi connectivity index (χ0) is 6.57. The normalized spacial score (nSPS) is 14.4. The zero-order valence-corrected chi connectivity index (χ0v) is 5.60. The molecule has 0 saturated heterocycles. The third-order valence-electron chi connectivity index (χ3n) is 0.945. The Labute approximate surface area is 51.9 Å². The van der Waals surface area contributed by atoms with Crippen LogP contribution in [0.1, 0.15) is 13.8 Å². The third kappa shape index (κ3) is 2.62. The van der Waals surface area contributed by atoms with Gasteiger partial charge >= 0.3 is 0 Å². The largest absolute Gasteiger partial charge is 0.296 e. The molecule has 0 N–H and O–H groups in total. The third-order valence-corrected chi connectivity index (χ3v) is 0.945. The van der Waals surface area contributed by atoms with Gasteiger partial charge in [0.15, 0.2) is 0 Å². The Bertz CT molecular complexity index is 120. The van der Waals surface area contributed by atoms with E-state index in [0.29, 0.717) is 0 Å². The second-order valence-corrected chi connectivity index (χ2v) is 1.75. The molecule has 0 aromatic carbocycles. The zero-order valence-electron chi connectivity index (χ0n) is 5.60. The smallest absolute Gasteiger partial charge is 0.107 e. The van der Waals surface area contributed by atoms with Gasteiger partial charge in [-0.25, -0.2) is 0 Å². The lowest BCUT2D eigenvalue weighted by Crippen LogP contribution is -1.83. The molecule has 0 aliphatic carbocycles. The minimum Gasteiger partial charge on any atom is -0.296 e. The van der Waals surface area contributed by atoms with E-state index in [-0.39, 0.29) is 0 Å². The molecule has 0 saturated carbocycles. The SMILES string of the molecule is [B]/C(C)=C(\C)C=NC. The van der Waals surface area contributed by atoms with Crippen LogP contribution in [0.4, 0.5) is 0 Å². The molecule has 0 bridgehead atoms. The van der Waals surface area contributed by atoms with Crippen LogP contribution >= 0.6 is 0 Å². The molecule has 0 heterocycles. The van der Waals surface area contributed by atoms with E-state index >= 15 is 0 Å². The summed E-state index contributed by atoms with van der Waals surface area (Å²) >= 11 is 0. The predicted molar refractivity (Wildman–Crippen MR) is 38.5 cm³/mol. The average Bonchev–Trinajstić information content (AvgIpc) is 1.67. The van der Waals surface area contributed by atoms with Gasteiger partial charge < -0.3 is 0 Å². The molecule has 0 unspecified atom stereocenters. The number of aliphatic imine (C=N–C) groups is 1. The van der Waals surface area contributed by atoms with Gasteiger partial charge in [0.25, 0.3) is 0 Å². The second-order valence-electron chi connectivity index (χ2n) is 1.75. The van der Waals surface area contributed by atoms with Gasteiger partial charge in [-0.3, -0.25) is 4.99 Å². The van der Waals surface area contributed by atoms with Crippen molar-refractivity contribution in [2.75, 3.05) is 7.05 Å². The van der Waals surface area contributed by atoms with Crippen molar-refractivity contribution in [2.45, 2.75) is 13.8 Å². The summed E-state index contributed by atoms with van der Waals surface area (Å²) < 4.78 is 0. The van der Waals surface area contributed by atoms with Crippen molar-refractivity contribution in [3.05, 3.63) is 11.0 Å². The average molecular weight is 107 g/mol. The summed E-state index contributed by atoms with van der Waals surface area (Å²) in [6, 6.07) is 0. The van der Waals surface area contributed by atoms with Gasteiger partial charge in [0.1, 0.15) is 7.85 Å². The minimum absolute atomic E-state index is 0.829. The van der Waals surface area contributed by atoms with Gasteiger partial charge in [-0.15, -0.1) is 5.47 Å². The van der Waals surface area contributed by atoms with Gasteiger partial charge in [-0.2, -0.15) is 0 Å². The number of rotatable bonds is 1. The van der Waals surface area contributed by atoms with Crippen LogP contribution in [-0.4, -0.2) is 21.1 Å². The van der Waals surface area contributed by atoms with E-state index in [9.17, 15) is 0 Å². The van der Waals surface area contributed by atoms with Crippen molar-refractivity contribution >= 4 is 14.1 Å². The number of hydrogen-bond donors (Lipinski definition) is 0. The van der Waals surface area contributed by atoms with Crippen LogP contribution in [0, 0.1) is 0 Å². The molecule has 0 aliphatic rings. The topological polar surface area (TPSA) is 12.4 Å². The fraction of sp³-hybridized carbons (Fsp3) is 0.500. The lowest BCUT2D eigenvalue weighted by molar-refractivity contribution is 1.42. The molecule has 8 heavy (non-hydrogen) atoms. The number of allylic oxidation sites excluding steroid dienone is 2. The molecular formula is C6H10BN. The molecule has 0 fully saturated rings. The van der Waals surface area contributed by atoms with Crippen molar-refractivity contribution in [1.29, 1.82) is 0 Å². The lowest BCUT2D eigenvalue weighted by atomic mass is 9.93. The molecule has 0 atom stereocenters. The first-order valence-corrected chi connectivity index (χ1v) is 2.53. The highest BCUT2D eigenvalue weighted by Crippen LogP contribution is 1.92. The summed E-state index contributed by atoms with van der Waals surface area (Å²) in [5, 5.41) is 0. The predicted octanol–water partition coefficient (Wildman–Crippen LogP) is 1.15. The molecule has 0 rings (SSSR count). The fourth-order valence-electron chi connectivity index (χ4n) is 0.295. The van der Waals surface area contributed by atoms with Gasteiger partial charge in [0, 0.05) is 13.3 Å². The van der Waals surface area contributed by atoms with Crippen LogP contribution < -0.4 is 0 Å². The Morgan fingerprint density at radius 1 is 1.50 bits per heavy atom. The van der Waals surface area contributed by atoms with Crippen LogP contribution in [0.25, 0.3) is 0 Å². The molecule has 0 aromatic heterocycles. The van der Waals surface area contributed by atoms with Crippen LogP contribution in [0.5, 0.6) is 0 Å². The summed E-state index contributed by atoms with van der Waals surface area (Å²) in [5.41, 5.74) is 1.86. The minimum atomic E-state index is 0.829. The monoisotopic (exact) mass is 107 g/mol. The second kappa shape index (κ2) is 3.47. The van der Waals surface area contributed by atoms with E-state index in [1.807, 2.05) is 13.8 Å². The maximum absolute atomic E-state index is 5.41. The first kappa shape index (κ1) is 7.47. The Hall–Kier alpha value is -0.525. The summed E-state index contributed by atoms with van der Waals surface area (Å²) in [6.07, 6.45) is 1.75. The van der Waals surface area contributed by atoms with E-state index in [1.165, 1.54) is 0 Å². The molecule has 2 heteroatoms. The summed E-state index contributed by atoms with van der Waals surface area (Å²) in [7, 11) is 7.14. The van der Waals surface area contributed by atoms with Crippen LogP contribution in [0.3, 0.4) is 0 Å². The molecule has 0 spiro atoms. The standard InChI is InChI=1S/C6H10BN/c1-5(4-8-3)6(2)7/h4H,1-3H3/b6-5+,8-4?. The first-order valence-electron chi connectivity index (χ1n) is 2.53. The maximum atomic E-state index is 5.41. The Kier molecular flexibility index (Phi) is 3.25. The van der Waals surface area contributed by atoms with Gasteiger partial charge in [0.05, 0.1) is 0 Å². The maximum Gasteiger partial charge on any atom is 0.107 e. The first-order chi connectivity index (χ1) is 3.68. The van der Waals surface area contributed by atoms with Crippen molar-refractivity contribution in [3.8, 4) is 0 Å². The Morgan fingerprint density at radius 3 is 2.12 bits per heavy atom. The van der Waals surface area contributed by atoms with E-state index in [0.717, 1.165) is 11.0 Å². The van der Waals surface area contributed by atoms with Crippen molar-refractivity contribution < 1.29 is 0 Å². The Morgan fingerprint density at radius 2 is 2.00 bits per heavy atom. The lowest BCUT2D eigenvalue weighted by Gasteiger charge is -1.91. The van der Waals surface area contributed by atoms with Crippen LogP contribution in [0.15, 0.2) is 16.0 Å². The van der Waals surface area contributed by atoms with Gasteiger partial charge in [0.2, 0.25) is 0 Å². The van der Waals surface area contributed by atoms with Crippen LogP contribution in [0.2, 0.25) is 0 Å². The quantitative estimate of drug-likeness (QED) is 0.352. The van der Waals surface area contributed by atoms with Gasteiger partial charge in [-0.05, 0) is 12.5 Å². The summed E-state index contributed by atoms with van der Waals surface area (Å²) in [6.45, 7) is 3.79. The highest BCUT2D eigenvalue weighted by Gasteiger charge is 1.81. The molecule has 0 aliphatic heterocycles. The van der Waals surface area contributed by atoms with Crippen molar-refractivity contribution in [1.82, 2.24) is 0 Å². The summed E-state index contributed by atoms with van der Waals surface area (Å²) in [4.78, 5) is 3.79. The van der Waals surface area contributed by atoms with E-state index in [4.69, 9.17) is 7.85 Å². The van der Waals surface area contributed by atoms with E-state index in [2.05, 4.69) is 4.99 Å². The molecule has 2 radical (unpaired) electrons. The molecule has 1 nitrogen and oxygen atoms in total. The van der Waals surface area contributed by atoms with Crippen LogP contribution in [-0.2, 0) is 0 Å². The summed E-state index contributed by atoms with van der Waals surface area (Å²) in [5.74, 6) is 0. The molecular weight excluding hydrogens is 96.9 g/mol. The highest BCUT2D eigenvalue weighted by molar-refractivity contribution is 6.23. The van der Waals surface area contributed by atoms with E-state index < -0.39 is 0 Å². The molecule has 0 aromatic rings. The number of hydrogen-bond acceptors (Lipinski definition) is 1. The number of nitrogens with zero attached hydrogens (tertiary/aromatic N) is 1. The van der Waals surface area contributed by atoms with Crippen molar-refractivity contribution in [2.24, 2.45) is 4.99 Å². The van der Waals surface area contributed by atoms with Crippen molar-refractivity contribution in [3.63, 3.8) is 0 Å².